The second-order valence-electron chi connectivity index (χ2n) is 6.75. The number of aromatic nitrogens is 1. The Bertz CT molecular complexity index is 880. The van der Waals surface area contributed by atoms with Crippen molar-refractivity contribution in [3.63, 3.8) is 0 Å². The normalized spacial score (nSPS) is 17.5. The Kier molecular flexibility index (Phi) is 4.88. The summed E-state index contributed by atoms with van der Waals surface area (Å²) < 4.78 is 25.5. The average Bonchev–Trinajstić information content (AvgIpc) is 2.97. The Morgan fingerprint density at radius 3 is 2.64 bits per heavy atom. The molecule has 0 atom stereocenters. The van der Waals surface area contributed by atoms with E-state index in [4.69, 9.17) is 0 Å². The Balaban J connectivity index is 1.91. The number of fused-ring (bicyclic) bond motifs is 1. The zero-order valence-electron chi connectivity index (χ0n) is 14.7. The molecule has 2 aromatic rings. The smallest absolute Gasteiger partial charge is 0.245 e. The number of carbonyl (C=O) groups is 1. The Labute approximate surface area is 148 Å². The van der Waals surface area contributed by atoms with Crippen LogP contribution in [-0.4, -0.2) is 43.0 Å². The molecule has 3 rings (SSSR count). The van der Waals surface area contributed by atoms with Gasteiger partial charge in [0.05, 0.1) is 5.52 Å². The molecule has 2 N–H and O–H groups in total. The molecular weight excluding hydrogens is 338 g/mol. The number of sulfone groups is 1. The molecule has 2 heterocycles. The third-order valence-electron chi connectivity index (χ3n) is 5.03. The van der Waals surface area contributed by atoms with Gasteiger partial charge in [0.1, 0.15) is 0 Å². The van der Waals surface area contributed by atoms with Gasteiger partial charge in [0.2, 0.25) is 5.91 Å². The zero-order valence-corrected chi connectivity index (χ0v) is 15.5. The minimum absolute atomic E-state index is 0.298. The van der Waals surface area contributed by atoms with Gasteiger partial charge in [-0.3, -0.25) is 4.79 Å². The van der Waals surface area contributed by atoms with Crippen molar-refractivity contribution < 1.29 is 13.2 Å². The number of benzene rings is 1. The van der Waals surface area contributed by atoms with Crippen LogP contribution in [-0.2, 0) is 21.2 Å². The third-order valence-corrected chi connectivity index (χ3v) is 7.04. The summed E-state index contributed by atoms with van der Waals surface area (Å²) in [6.07, 6.45) is 4.81. The summed E-state index contributed by atoms with van der Waals surface area (Å²) in [5, 5.41) is 7.08. The van der Waals surface area contributed by atoms with Gasteiger partial charge in [-0.1, -0.05) is 13.0 Å². The predicted octanol–water partition coefficient (Wildman–Crippen LogP) is 2.16. The maximum Gasteiger partial charge on any atom is 0.245 e. The lowest BCUT2D eigenvalue weighted by Gasteiger charge is -2.34. The van der Waals surface area contributed by atoms with Gasteiger partial charge in [-0.15, -0.1) is 0 Å². The first-order valence-electron chi connectivity index (χ1n) is 8.68. The lowest BCUT2D eigenvalue weighted by molar-refractivity contribution is -0.119. The summed E-state index contributed by atoms with van der Waals surface area (Å²) >= 11 is 0. The topological polar surface area (TPSA) is 80.2 Å². The average molecular weight is 363 g/mol. The number of amides is 1. The van der Waals surface area contributed by atoms with Gasteiger partial charge in [-0.05, 0) is 55.9 Å². The van der Waals surface area contributed by atoms with E-state index in [0.717, 1.165) is 30.1 Å². The minimum Gasteiger partial charge on any atom is -0.347 e. The van der Waals surface area contributed by atoms with E-state index in [1.54, 1.807) is 0 Å². The molecular formula is C18H25N3O3S. The highest BCUT2D eigenvalue weighted by molar-refractivity contribution is 7.92. The molecule has 1 aromatic carbocycles. The summed E-state index contributed by atoms with van der Waals surface area (Å²) in [5.74, 6) is -0.426. The van der Waals surface area contributed by atoms with E-state index in [0.29, 0.717) is 31.6 Å². The van der Waals surface area contributed by atoms with Crippen LogP contribution in [0.3, 0.4) is 0 Å². The summed E-state index contributed by atoms with van der Waals surface area (Å²) in [4.78, 5) is 12.9. The van der Waals surface area contributed by atoms with E-state index in [-0.39, 0.29) is 0 Å². The molecule has 0 unspecified atom stereocenters. The van der Waals surface area contributed by atoms with Crippen molar-refractivity contribution >= 4 is 32.3 Å². The van der Waals surface area contributed by atoms with Crippen LogP contribution in [0.4, 0.5) is 5.69 Å². The van der Waals surface area contributed by atoms with Crippen molar-refractivity contribution in [2.24, 2.45) is 0 Å². The molecule has 1 aromatic heterocycles. The SMILES string of the molecule is CCCn1ccc2ccc(NC(=O)C3(S(C)(=O)=O)CCNCC3)cc21. The molecule has 1 saturated heterocycles. The molecule has 1 aliphatic rings. The third kappa shape index (κ3) is 3.30. The van der Waals surface area contributed by atoms with Crippen molar-refractivity contribution in [3.8, 4) is 0 Å². The monoisotopic (exact) mass is 363 g/mol. The van der Waals surface area contributed by atoms with Crippen LogP contribution < -0.4 is 10.6 Å². The molecule has 0 bridgehead atoms. The molecule has 0 spiro atoms. The van der Waals surface area contributed by atoms with Crippen molar-refractivity contribution in [2.75, 3.05) is 24.7 Å². The fraction of sp³-hybridized carbons (Fsp3) is 0.500. The Morgan fingerprint density at radius 2 is 2.00 bits per heavy atom. The molecule has 1 fully saturated rings. The van der Waals surface area contributed by atoms with Crippen molar-refractivity contribution in [1.82, 2.24) is 9.88 Å². The molecule has 136 valence electrons. The molecule has 1 aliphatic heterocycles. The van der Waals surface area contributed by atoms with E-state index in [2.05, 4.69) is 22.1 Å². The van der Waals surface area contributed by atoms with Crippen LogP contribution >= 0.6 is 0 Å². The van der Waals surface area contributed by atoms with Gasteiger partial charge in [0.15, 0.2) is 14.6 Å². The fourth-order valence-corrected chi connectivity index (χ4v) is 4.87. The van der Waals surface area contributed by atoms with Crippen molar-refractivity contribution in [3.05, 3.63) is 30.5 Å². The number of hydrogen-bond acceptors (Lipinski definition) is 4. The van der Waals surface area contributed by atoms with Gasteiger partial charge in [0.25, 0.3) is 0 Å². The molecule has 0 aliphatic carbocycles. The van der Waals surface area contributed by atoms with Gasteiger partial charge in [-0.25, -0.2) is 8.42 Å². The first-order chi connectivity index (χ1) is 11.9. The summed E-state index contributed by atoms with van der Waals surface area (Å²) in [7, 11) is -3.51. The fourth-order valence-electron chi connectivity index (χ4n) is 3.54. The Morgan fingerprint density at radius 1 is 1.28 bits per heavy atom. The van der Waals surface area contributed by atoms with E-state index in [1.165, 1.54) is 0 Å². The number of nitrogens with one attached hydrogen (secondary N) is 2. The van der Waals surface area contributed by atoms with E-state index < -0.39 is 20.5 Å². The van der Waals surface area contributed by atoms with Crippen LogP contribution in [0.5, 0.6) is 0 Å². The van der Waals surface area contributed by atoms with Crippen LogP contribution in [0.25, 0.3) is 10.9 Å². The Hall–Kier alpha value is -1.86. The highest BCUT2D eigenvalue weighted by Crippen LogP contribution is 2.30. The maximum absolute atomic E-state index is 12.9. The van der Waals surface area contributed by atoms with E-state index >= 15 is 0 Å². The number of rotatable bonds is 5. The minimum atomic E-state index is -3.51. The van der Waals surface area contributed by atoms with Crippen LogP contribution in [0, 0.1) is 0 Å². The van der Waals surface area contributed by atoms with E-state index in [9.17, 15) is 13.2 Å². The van der Waals surface area contributed by atoms with Crippen molar-refractivity contribution in [1.29, 1.82) is 0 Å². The molecule has 0 radical (unpaired) electrons. The number of nitrogens with zero attached hydrogens (tertiary/aromatic N) is 1. The lowest BCUT2D eigenvalue weighted by atomic mass is 9.95. The quantitative estimate of drug-likeness (QED) is 0.853. The number of piperidine rings is 1. The highest BCUT2D eigenvalue weighted by atomic mass is 32.2. The summed E-state index contributed by atoms with van der Waals surface area (Å²) in [5.41, 5.74) is 1.67. The van der Waals surface area contributed by atoms with E-state index in [1.807, 2.05) is 30.5 Å². The number of hydrogen-bond donors (Lipinski definition) is 2. The molecule has 7 heteroatoms. The first kappa shape index (κ1) is 17.9. The molecule has 25 heavy (non-hydrogen) atoms. The number of aryl methyl sites for hydroxylation is 1. The van der Waals surface area contributed by atoms with Gasteiger partial charge in [-0.2, -0.15) is 0 Å². The second kappa shape index (κ2) is 6.80. The second-order valence-corrected chi connectivity index (χ2v) is 9.08. The highest BCUT2D eigenvalue weighted by Gasteiger charge is 2.48. The number of anilines is 1. The maximum atomic E-state index is 12.9. The molecule has 1 amide bonds. The molecule has 0 saturated carbocycles. The first-order valence-corrected chi connectivity index (χ1v) is 10.6. The van der Waals surface area contributed by atoms with Gasteiger partial charge in [0, 0.05) is 24.7 Å². The van der Waals surface area contributed by atoms with Gasteiger partial charge < -0.3 is 15.2 Å². The zero-order chi connectivity index (χ0) is 18.1. The summed E-state index contributed by atoms with van der Waals surface area (Å²) in [6, 6.07) is 7.74. The van der Waals surface area contributed by atoms with Crippen LogP contribution in [0.1, 0.15) is 26.2 Å². The van der Waals surface area contributed by atoms with Gasteiger partial charge >= 0.3 is 0 Å². The summed E-state index contributed by atoms with van der Waals surface area (Å²) in [6.45, 7) is 4.07. The largest absolute Gasteiger partial charge is 0.347 e. The number of carbonyl (C=O) groups excluding carboxylic acids is 1. The van der Waals surface area contributed by atoms with Crippen LogP contribution in [0.15, 0.2) is 30.5 Å². The standard InChI is InChI=1S/C18H25N3O3S/c1-3-11-21-12-6-14-4-5-15(13-16(14)21)20-17(22)18(25(2,23)24)7-9-19-10-8-18/h4-6,12-13,19H,3,7-11H2,1-2H3,(H,20,22). The molecule has 6 nitrogen and oxygen atoms in total. The van der Waals surface area contributed by atoms with Crippen molar-refractivity contribution in [2.45, 2.75) is 37.5 Å². The van der Waals surface area contributed by atoms with Crippen LogP contribution in [0.2, 0.25) is 0 Å². The lowest BCUT2D eigenvalue weighted by Crippen LogP contribution is -2.55. The predicted molar refractivity (Wildman–Crippen MR) is 101 cm³/mol.